The van der Waals surface area contributed by atoms with E-state index < -0.39 is 0 Å². The predicted molar refractivity (Wildman–Crippen MR) is 90.3 cm³/mol. The van der Waals surface area contributed by atoms with Crippen LogP contribution in [0.15, 0.2) is 51.4 Å². The number of halogens is 2. The highest BCUT2D eigenvalue weighted by Gasteiger charge is 2.08. The van der Waals surface area contributed by atoms with Crippen LogP contribution < -0.4 is 10.6 Å². The van der Waals surface area contributed by atoms with Crippen molar-refractivity contribution in [2.75, 3.05) is 10.6 Å². The summed E-state index contributed by atoms with van der Waals surface area (Å²) >= 11 is 6.83. The fourth-order valence-electron chi connectivity index (χ4n) is 1.82. The number of carbonyl (C=O) groups excluding carboxylic acids is 1. The van der Waals surface area contributed by atoms with E-state index >= 15 is 0 Å². The summed E-state index contributed by atoms with van der Waals surface area (Å²) in [5.74, 6) is 0. The molecule has 0 aromatic heterocycles. The molecule has 2 rings (SSSR count). The number of nitrogens with one attached hydrogen (secondary N) is 2. The highest BCUT2D eigenvalue weighted by molar-refractivity contribution is 9.10. The summed E-state index contributed by atoms with van der Waals surface area (Å²) in [4.78, 5) is 12.0. The molecule has 0 saturated heterocycles. The SMILES string of the molecule is CCc1cc(Br)ccc1NC(=O)Nc1ccccc1Br. The molecule has 0 unspecified atom stereocenters. The summed E-state index contributed by atoms with van der Waals surface area (Å²) in [5, 5.41) is 5.69. The van der Waals surface area contributed by atoms with Crippen LogP contribution in [0.1, 0.15) is 12.5 Å². The minimum atomic E-state index is -0.256. The lowest BCUT2D eigenvalue weighted by atomic mass is 10.1. The number of hydrogen-bond acceptors (Lipinski definition) is 1. The molecule has 0 heterocycles. The van der Waals surface area contributed by atoms with E-state index in [0.29, 0.717) is 0 Å². The van der Waals surface area contributed by atoms with Crippen molar-refractivity contribution in [1.82, 2.24) is 0 Å². The van der Waals surface area contributed by atoms with Crippen LogP contribution in [0, 0.1) is 0 Å². The van der Waals surface area contributed by atoms with Crippen LogP contribution in [0.5, 0.6) is 0 Å². The Hall–Kier alpha value is -1.33. The monoisotopic (exact) mass is 396 g/mol. The third-order valence-electron chi connectivity index (χ3n) is 2.82. The maximum atomic E-state index is 12.0. The lowest BCUT2D eigenvalue weighted by molar-refractivity contribution is 0.262. The fourth-order valence-corrected chi connectivity index (χ4v) is 2.61. The highest BCUT2D eigenvalue weighted by atomic mass is 79.9. The molecule has 0 radical (unpaired) electrons. The molecule has 0 bridgehead atoms. The molecule has 0 spiro atoms. The van der Waals surface area contributed by atoms with Crippen LogP contribution in [0.4, 0.5) is 16.2 Å². The zero-order valence-corrected chi connectivity index (χ0v) is 14.1. The number of rotatable bonds is 3. The first kappa shape index (κ1) is 15.1. The van der Waals surface area contributed by atoms with Gasteiger partial charge in [-0.05, 0) is 58.2 Å². The molecule has 2 amide bonds. The van der Waals surface area contributed by atoms with Crippen molar-refractivity contribution >= 4 is 49.3 Å². The van der Waals surface area contributed by atoms with E-state index in [1.54, 1.807) is 0 Å². The largest absolute Gasteiger partial charge is 0.323 e. The van der Waals surface area contributed by atoms with Crippen molar-refractivity contribution in [2.45, 2.75) is 13.3 Å². The Bertz CT molecular complexity index is 629. The van der Waals surface area contributed by atoms with Gasteiger partial charge in [-0.25, -0.2) is 4.79 Å². The molecule has 2 N–H and O–H groups in total. The standard InChI is InChI=1S/C15H14Br2N2O/c1-2-10-9-11(16)7-8-13(10)18-15(20)19-14-6-4-3-5-12(14)17/h3-9H,2H2,1H3,(H2,18,19,20). The molecule has 20 heavy (non-hydrogen) atoms. The number of para-hydroxylation sites is 1. The molecular weight excluding hydrogens is 384 g/mol. The second kappa shape index (κ2) is 6.90. The van der Waals surface area contributed by atoms with E-state index in [1.165, 1.54) is 0 Å². The van der Waals surface area contributed by atoms with E-state index in [2.05, 4.69) is 49.4 Å². The van der Waals surface area contributed by atoms with Crippen LogP contribution in [-0.2, 0) is 6.42 Å². The van der Waals surface area contributed by atoms with Crippen LogP contribution in [0.2, 0.25) is 0 Å². The van der Waals surface area contributed by atoms with E-state index in [0.717, 1.165) is 32.3 Å². The minimum absolute atomic E-state index is 0.256. The Balaban J connectivity index is 2.11. The van der Waals surface area contributed by atoms with Gasteiger partial charge in [0.2, 0.25) is 0 Å². The zero-order chi connectivity index (χ0) is 14.5. The number of aryl methyl sites for hydroxylation is 1. The van der Waals surface area contributed by atoms with Gasteiger partial charge in [0.05, 0.1) is 5.69 Å². The second-order valence-electron chi connectivity index (χ2n) is 4.21. The summed E-state index contributed by atoms with van der Waals surface area (Å²) in [7, 11) is 0. The van der Waals surface area contributed by atoms with Gasteiger partial charge in [0.1, 0.15) is 0 Å². The number of hydrogen-bond donors (Lipinski definition) is 2. The van der Waals surface area contributed by atoms with Crippen LogP contribution in [0.25, 0.3) is 0 Å². The molecule has 5 heteroatoms. The zero-order valence-electron chi connectivity index (χ0n) is 10.9. The molecule has 2 aromatic carbocycles. The van der Waals surface area contributed by atoms with Gasteiger partial charge in [-0.1, -0.05) is 35.0 Å². The third kappa shape index (κ3) is 3.84. The van der Waals surface area contributed by atoms with E-state index in [1.807, 2.05) is 42.5 Å². The molecule has 0 fully saturated rings. The Morgan fingerprint density at radius 2 is 1.75 bits per heavy atom. The third-order valence-corrected chi connectivity index (χ3v) is 4.00. The van der Waals surface area contributed by atoms with Crippen LogP contribution in [0.3, 0.4) is 0 Å². The number of amides is 2. The first-order chi connectivity index (χ1) is 9.60. The second-order valence-corrected chi connectivity index (χ2v) is 5.98. The van der Waals surface area contributed by atoms with Gasteiger partial charge in [0, 0.05) is 14.6 Å². The Kier molecular flexibility index (Phi) is 5.20. The van der Waals surface area contributed by atoms with Crippen LogP contribution in [-0.4, -0.2) is 6.03 Å². The van der Waals surface area contributed by atoms with Crippen LogP contribution >= 0.6 is 31.9 Å². The van der Waals surface area contributed by atoms with Gasteiger partial charge in [0.15, 0.2) is 0 Å². The maximum Gasteiger partial charge on any atom is 0.323 e. The van der Waals surface area contributed by atoms with Gasteiger partial charge in [0.25, 0.3) is 0 Å². The quantitative estimate of drug-likeness (QED) is 0.713. The maximum absolute atomic E-state index is 12.0. The highest BCUT2D eigenvalue weighted by Crippen LogP contribution is 2.23. The van der Waals surface area contributed by atoms with Crippen molar-refractivity contribution in [3.8, 4) is 0 Å². The number of benzene rings is 2. The molecule has 0 aliphatic carbocycles. The van der Waals surface area contributed by atoms with Gasteiger partial charge in [-0.3, -0.25) is 0 Å². The van der Waals surface area contributed by atoms with E-state index in [-0.39, 0.29) is 6.03 Å². The first-order valence-corrected chi connectivity index (χ1v) is 7.79. The van der Waals surface area contributed by atoms with Crippen molar-refractivity contribution in [3.05, 3.63) is 57.0 Å². The Morgan fingerprint density at radius 1 is 1.05 bits per heavy atom. The van der Waals surface area contributed by atoms with Crippen molar-refractivity contribution < 1.29 is 4.79 Å². The van der Waals surface area contributed by atoms with Crippen molar-refractivity contribution in [3.63, 3.8) is 0 Å². The molecule has 0 atom stereocenters. The molecule has 0 aliphatic rings. The molecule has 3 nitrogen and oxygen atoms in total. The van der Waals surface area contributed by atoms with Gasteiger partial charge < -0.3 is 10.6 Å². The Labute approximate surface area is 135 Å². The Morgan fingerprint density at radius 3 is 2.45 bits per heavy atom. The first-order valence-electron chi connectivity index (χ1n) is 6.21. The van der Waals surface area contributed by atoms with Gasteiger partial charge in [-0.15, -0.1) is 0 Å². The summed E-state index contributed by atoms with van der Waals surface area (Å²) in [6.07, 6.45) is 0.851. The lowest BCUT2D eigenvalue weighted by Gasteiger charge is -2.12. The fraction of sp³-hybridized carbons (Fsp3) is 0.133. The normalized spacial score (nSPS) is 10.2. The minimum Gasteiger partial charge on any atom is -0.307 e. The van der Waals surface area contributed by atoms with E-state index in [4.69, 9.17) is 0 Å². The average molecular weight is 398 g/mol. The molecular formula is C15H14Br2N2O. The summed E-state index contributed by atoms with van der Waals surface area (Å²) in [6.45, 7) is 2.05. The summed E-state index contributed by atoms with van der Waals surface area (Å²) < 4.78 is 1.85. The molecule has 0 aliphatic heterocycles. The number of carbonyl (C=O) groups is 1. The summed E-state index contributed by atoms with van der Waals surface area (Å²) in [5.41, 5.74) is 2.64. The lowest BCUT2D eigenvalue weighted by Crippen LogP contribution is -2.20. The summed E-state index contributed by atoms with van der Waals surface area (Å²) in [6, 6.07) is 13.0. The smallest absolute Gasteiger partial charge is 0.307 e. The van der Waals surface area contributed by atoms with Crippen molar-refractivity contribution in [2.24, 2.45) is 0 Å². The molecule has 2 aromatic rings. The van der Waals surface area contributed by atoms with Crippen molar-refractivity contribution in [1.29, 1.82) is 0 Å². The molecule has 104 valence electrons. The van der Waals surface area contributed by atoms with Gasteiger partial charge >= 0.3 is 6.03 Å². The average Bonchev–Trinajstić information content (AvgIpc) is 2.43. The predicted octanol–water partition coefficient (Wildman–Crippen LogP) is 5.42. The number of anilines is 2. The number of urea groups is 1. The van der Waals surface area contributed by atoms with E-state index in [9.17, 15) is 4.79 Å². The van der Waals surface area contributed by atoms with Gasteiger partial charge in [-0.2, -0.15) is 0 Å². The molecule has 0 saturated carbocycles. The topological polar surface area (TPSA) is 41.1 Å².